The first-order valence-electron chi connectivity index (χ1n) is 11.1. The number of nitrogens with one attached hydrogen (secondary N) is 1. The summed E-state index contributed by atoms with van der Waals surface area (Å²) in [5, 5.41) is 3.80. The van der Waals surface area contributed by atoms with Crippen LogP contribution in [-0.4, -0.2) is 49.4 Å². The Balaban J connectivity index is 1.37. The van der Waals surface area contributed by atoms with Crippen molar-refractivity contribution in [3.05, 3.63) is 29.8 Å². The number of hydrogen-bond acceptors (Lipinski definition) is 4. The van der Waals surface area contributed by atoms with E-state index in [0.29, 0.717) is 6.10 Å². The number of rotatable bonds is 7. The van der Waals surface area contributed by atoms with E-state index in [0.717, 1.165) is 44.9 Å². The monoisotopic (exact) mass is 372 g/mol. The van der Waals surface area contributed by atoms with Gasteiger partial charge in [-0.05, 0) is 70.5 Å². The normalized spacial score (nSPS) is 24.1. The summed E-state index contributed by atoms with van der Waals surface area (Å²) in [6.45, 7) is 6.25. The van der Waals surface area contributed by atoms with Crippen molar-refractivity contribution in [2.75, 3.05) is 32.8 Å². The van der Waals surface area contributed by atoms with Gasteiger partial charge in [0.05, 0.1) is 6.10 Å². The molecule has 0 atom stereocenters. The number of ether oxygens (including phenoxy) is 2. The van der Waals surface area contributed by atoms with Crippen LogP contribution >= 0.6 is 0 Å². The molecule has 1 saturated carbocycles. The largest absolute Gasteiger partial charge is 0.490 e. The Morgan fingerprint density at radius 2 is 1.74 bits per heavy atom. The number of hydrogen-bond donors (Lipinski definition) is 1. The van der Waals surface area contributed by atoms with Gasteiger partial charge in [0.1, 0.15) is 5.75 Å². The van der Waals surface area contributed by atoms with Crippen molar-refractivity contribution in [2.24, 2.45) is 0 Å². The molecule has 4 nitrogen and oxygen atoms in total. The van der Waals surface area contributed by atoms with E-state index in [1.165, 1.54) is 63.6 Å². The quantitative estimate of drug-likeness (QED) is 0.780. The van der Waals surface area contributed by atoms with Crippen LogP contribution in [-0.2, 0) is 11.3 Å². The Labute approximate surface area is 164 Å². The highest BCUT2D eigenvalue weighted by Gasteiger charge is 2.38. The molecule has 3 aliphatic rings. The van der Waals surface area contributed by atoms with Gasteiger partial charge in [-0.3, -0.25) is 4.90 Å². The zero-order valence-corrected chi connectivity index (χ0v) is 16.8. The first-order valence-corrected chi connectivity index (χ1v) is 11.1. The molecule has 2 heterocycles. The molecule has 0 amide bonds. The van der Waals surface area contributed by atoms with Crippen LogP contribution in [0.25, 0.3) is 0 Å². The third-order valence-corrected chi connectivity index (χ3v) is 6.79. The molecule has 1 aromatic carbocycles. The molecule has 2 saturated heterocycles. The molecular formula is C23H36N2O2. The van der Waals surface area contributed by atoms with Crippen molar-refractivity contribution < 1.29 is 9.47 Å². The molecule has 0 aromatic heterocycles. The van der Waals surface area contributed by atoms with Gasteiger partial charge in [0.25, 0.3) is 0 Å². The maximum Gasteiger partial charge on any atom is 0.124 e. The molecule has 1 N–H and O–H groups in total. The van der Waals surface area contributed by atoms with E-state index in [1.807, 2.05) is 0 Å². The zero-order chi connectivity index (χ0) is 18.4. The minimum absolute atomic E-state index is 0.278. The van der Waals surface area contributed by atoms with Crippen LogP contribution in [0.2, 0.25) is 0 Å². The summed E-state index contributed by atoms with van der Waals surface area (Å²) in [5.41, 5.74) is 1.57. The zero-order valence-electron chi connectivity index (χ0n) is 16.8. The van der Waals surface area contributed by atoms with Crippen LogP contribution in [0.3, 0.4) is 0 Å². The molecule has 2 aliphatic heterocycles. The number of piperidine rings is 1. The average Bonchev–Trinajstić information content (AvgIpc) is 3.24. The molecule has 1 aromatic rings. The van der Waals surface area contributed by atoms with Gasteiger partial charge in [0, 0.05) is 37.4 Å². The highest BCUT2D eigenvalue weighted by molar-refractivity contribution is 5.33. The van der Waals surface area contributed by atoms with Crippen LogP contribution in [0.5, 0.6) is 5.75 Å². The maximum absolute atomic E-state index is 6.32. The lowest BCUT2D eigenvalue weighted by molar-refractivity contribution is -0.0358. The van der Waals surface area contributed by atoms with E-state index in [2.05, 4.69) is 34.5 Å². The second kappa shape index (κ2) is 9.40. The van der Waals surface area contributed by atoms with E-state index in [-0.39, 0.29) is 5.54 Å². The summed E-state index contributed by atoms with van der Waals surface area (Å²) in [7, 11) is 0. The van der Waals surface area contributed by atoms with Gasteiger partial charge in [-0.15, -0.1) is 0 Å². The molecule has 1 aliphatic carbocycles. The van der Waals surface area contributed by atoms with Crippen molar-refractivity contribution >= 4 is 0 Å². The molecule has 3 fully saturated rings. The summed E-state index contributed by atoms with van der Waals surface area (Å²) in [6, 6.07) is 8.59. The molecule has 0 spiro atoms. The molecule has 4 rings (SSSR count). The topological polar surface area (TPSA) is 33.7 Å². The second-order valence-corrected chi connectivity index (χ2v) is 8.62. The number of benzene rings is 1. The summed E-state index contributed by atoms with van der Waals surface area (Å²) < 4.78 is 12.0. The van der Waals surface area contributed by atoms with Gasteiger partial charge >= 0.3 is 0 Å². The van der Waals surface area contributed by atoms with Crippen LogP contribution in [0, 0.1) is 0 Å². The lowest BCUT2D eigenvalue weighted by atomic mass is 9.86. The summed E-state index contributed by atoms with van der Waals surface area (Å²) in [6.07, 6.45) is 11.8. The fourth-order valence-corrected chi connectivity index (χ4v) is 5.10. The maximum atomic E-state index is 6.32. The predicted molar refractivity (Wildman–Crippen MR) is 109 cm³/mol. The van der Waals surface area contributed by atoms with Crippen molar-refractivity contribution in [3.63, 3.8) is 0 Å². The molecule has 27 heavy (non-hydrogen) atoms. The van der Waals surface area contributed by atoms with E-state index in [1.54, 1.807) is 0 Å². The van der Waals surface area contributed by atoms with E-state index < -0.39 is 0 Å². The lowest BCUT2D eigenvalue weighted by Crippen LogP contribution is -2.59. The van der Waals surface area contributed by atoms with Gasteiger partial charge in [-0.1, -0.05) is 24.6 Å². The summed E-state index contributed by atoms with van der Waals surface area (Å²) in [5.74, 6) is 1.08. The minimum atomic E-state index is 0.278. The van der Waals surface area contributed by atoms with Gasteiger partial charge in [-0.25, -0.2) is 0 Å². The van der Waals surface area contributed by atoms with Gasteiger partial charge < -0.3 is 14.8 Å². The molecule has 150 valence electrons. The Bertz CT molecular complexity index is 573. The van der Waals surface area contributed by atoms with Crippen molar-refractivity contribution in [2.45, 2.75) is 76.0 Å². The van der Waals surface area contributed by atoms with Crippen molar-refractivity contribution in [1.82, 2.24) is 10.2 Å². The SMILES string of the molecule is c1ccc(OC2CCCC2)c(CNCC2(N3CCCCC3)CCOCC2)c1. The fourth-order valence-electron chi connectivity index (χ4n) is 5.10. The average molecular weight is 373 g/mol. The van der Waals surface area contributed by atoms with Crippen LogP contribution < -0.4 is 10.1 Å². The third kappa shape index (κ3) is 4.85. The molecule has 4 heteroatoms. The Kier molecular flexibility index (Phi) is 6.69. The van der Waals surface area contributed by atoms with E-state index in [9.17, 15) is 0 Å². The fraction of sp³-hybridized carbons (Fsp3) is 0.739. The smallest absolute Gasteiger partial charge is 0.124 e. The Morgan fingerprint density at radius 3 is 2.52 bits per heavy atom. The van der Waals surface area contributed by atoms with Gasteiger partial charge in [0.15, 0.2) is 0 Å². The molecule has 0 bridgehead atoms. The molecule has 0 unspecified atom stereocenters. The first-order chi connectivity index (χ1) is 13.4. The third-order valence-electron chi connectivity index (χ3n) is 6.79. The number of likely N-dealkylation sites (tertiary alicyclic amines) is 1. The highest BCUT2D eigenvalue weighted by atomic mass is 16.5. The summed E-state index contributed by atoms with van der Waals surface area (Å²) in [4.78, 5) is 2.76. The summed E-state index contributed by atoms with van der Waals surface area (Å²) >= 11 is 0. The van der Waals surface area contributed by atoms with Crippen LogP contribution in [0.1, 0.15) is 63.4 Å². The van der Waals surface area contributed by atoms with Crippen LogP contribution in [0.15, 0.2) is 24.3 Å². The highest BCUT2D eigenvalue weighted by Crippen LogP contribution is 2.31. The van der Waals surface area contributed by atoms with Crippen LogP contribution in [0.4, 0.5) is 0 Å². The predicted octanol–water partition coefficient (Wildman–Crippen LogP) is 4.13. The lowest BCUT2D eigenvalue weighted by Gasteiger charge is -2.48. The van der Waals surface area contributed by atoms with E-state index in [4.69, 9.17) is 9.47 Å². The molecular weight excluding hydrogens is 336 g/mol. The van der Waals surface area contributed by atoms with E-state index >= 15 is 0 Å². The second-order valence-electron chi connectivity index (χ2n) is 8.62. The Hall–Kier alpha value is -1.10. The number of para-hydroxylation sites is 1. The first kappa shape index (κ1) is 19.2. The molecule has 0 radical (unpaired) electrons. The minimum Gasteiger partial charge on any atom is -0.490 e. The van der Waals surface area contributed by atoms with Crippen molar-refractivity contribution in [3.8, 4) is 5.75 Å². The van der Waals surface area contributed by atoms with Gasteiger partial charge in [0.2, 0.25) is 0 Å². The van der Waals surface area contributed by atoms with Crippen molar-refractivity contribution in [1.29, 1.82) is 0 Å². The van der Waals surface area contributed by atoms with Gasteiger partial charge in [-0.2, -0.15) is 0 Å². The standard InChI is InChI=1S/C23H36N2O2/c1-6-14-25(15-7-1)23(12-16-26-17-13-23)19-24-18-20-8-2-5-11-22(20)27-21-9-3-4-10-21/h2,5,8,11,21,24H,1,3-4,6-7,9-10,12-19H2. The Morgan fingerprint density at radius 1 is 1.00 bits per heavy atom. The number of nitrogens with zero attached hydrogens (tertiary/aromatic N) is 1.